The summed E-state index contributed by atoms with van der Waals surface area (Å²) in [4.78, 5) is 24.1. The molecule has 0 amide bonds. The molecule has 114 valence electrons. The molecule has 0 unspecified atom stereocenters. The summed E-state index contributed by atoms with van der Waals surface area (Å²) in [7, 11) is 0. The highest BCUT2D eigenvalue weighted by Gasteiger charge is 2.15. The minimum Gasteiger partial charge on any atom is -0.454 e. The molecule has 0 heterocycles. The van der Waals surface area contributed by atoms with Crippen molar-refractivity contribution in [3.05, 3.63) is 70.3 Å². The van der Waals surface area contributed by atoms with E-state index in [4.69, 9.17) is 10.00 Å². The van der Waals surface area contributed by atoms with Crippen molar-refractivity contribution in [2.45, 2.75) is 19.3 Å². The summed E-state index contributed by atoms with van der Waals surface area (Å²) in [5.74, 6) is -0.773. The first-order valence-electron chi connectivity index (χ1n) is 7.49. The second-order valence-corrected chi connectivity index (χ2v) is 5.53. The maximum atomic E-state index is 12.2. The van der Waals surface area contributed by atoms with E-state index >= 15 is 0 Å². The van der Waals surface area contributed by atoms with Crippen LogP contribution in [-0.4, -0.2) is 18.4 Å². The second kappa shape index (κ2) is 6.45. The van der Waals surface area contributed by atoms with Crippen LogP contribution < -0.4 is 0 Å². The lowest BCUT2D eigenvalue weighted by atomic mass is 10.0. The van der Waals surface area contributed by atoms with Gasteiger partial charge < -0.3 is 4.74 Å². The smallest absolute Gasteiger partial charge is 0.338 e. The molecule has 23 heavy (non-hydrogen) atoms. The van der Waals surface area contributed by atoms with Crippen LogP contribution in [0.4, 0.5) is 0 Å². The van der Waals surface area contributed by atoms with E-state index in [9.17, 15) is 9.59 Å². The molecule has 4 heteroatoms. The molecule has 3 rings (SSSR count). The van der Waals surface area contributed by atoms with E-state index in [-0.39, 0.29) is 12.4 Å². The lowest BCUT2D eigenvalue weighted by molar-refractivity contribution is 0.0474. The Morgan fingerprint density at radius 3 is 2.43 bits per heavy atom. The first-order valence-corrected chi connectivity index (χ1v) is 7.49. The van der Waals surface area contributed by atoms with Crippen molar-refractivity contribution in [3.8, 4) is 6.07 Å². The summed E-state index contributed by atoms with van der Waals surface area (Å²) in [5.41, 5.74) is 3.89. The third kappa shape index (κ3) is 3.29. The molecule has 1 aliphatic carbocycles. The number of Topliss-reactive ketones (excluding diaryl/α,β-unsaturated/α-hetero) is 1. The van der Waals surface area contributed by atoms with Crippen LogP contribution in [-0.2, 0) is 17.6 Å². The van der Waals surface area contributed by atoms with E-state index in [2.05, 4.69) is 0 Å². The molecule has 0 radical (unpaired) electrons. The van der Waals surface area contributed by atoms with Gasteiger partial charge in [0.1, 0.15) is 0 Å². The maximum absolute atomic E-state index is 12.2. The topological polar surface area (TPSA) is 67.2 Å². The molecular weight excluding hydrogens is 290 g/mol. The van der Waals surface area contributed by atoms with Crippen LogP contribution in [0.5, 0.6) is 0 Å². The molecule has 2 aromatic rings. The highest BCUT2D eigenvalue weighted by molar-refractivity contribution is 5.99. The number of esters is 1. The maximum Gasteiger partial charge on any atom is 0.338 e. The van der Waals surface area contributed by atoms with Crippen molar-refractivity contribution in [3.63, 3.8) is 0 Å². The zero-order valence-electron chi connectivity index (χ0n) is 12.5. The third-order valence-electron chi connectivity index (χ3n) is 4.00. The van der Waals surface area contributed by atoms with Gasteiger partial charge in [0.05, 0.1) is 17.2 Å². The summed E-state index contributed by atoms with van der Waals surface area (Å²) in [6.07, 6.45) is 3.19. The van der Waals surface area contributed by atoms with Crippen LogP contribution in [0.2, 0.25) is 0 Å². The van der Waals surface area contributed by atoms with Gasteiger partial charge in [0.2, 0.25) is 0 Å². The van der Waals surface area contributed by atoms with Crippen LogP contribution in [0.15, 0.2) is 42.5 Å². The minimum absolute atomic E-state index is 0.207. The highest BCUT2D eigenvalue weighted by atomic mass is 16.5. The van der Waals surface area contributed by atoms with E-state index in [1.807, 2.05) is 18.2 Å². The van der Waals surface area contributed by atoms with Gasteiger partial charge in [-0.05, 0) is 60.7 Å². The second-order valence-electron chi connectivity index (χ2n) is 5.53. The van der Waals surface area contributed by atoms with Gasteiger partial charge in [0.15, 0.2) is 12.4 Å². The van der Waals surface area contributed by atoms with Crippen LogP contribution in [0.3, 0.4) is 0 Å². The molecular formula is C19H15NO3. The largest absolute Gasteiger partial charge is 0.454 e. The Labute approximate surface area is 134 Å². The van der Waals surface area contributed by atoms with E-state index in [0.29, 0.717) is 16.7 Å². The van der Waals surface area contributed by atoms with Crippen LogP contribution in [0, 0.1) is 11.3 Å². The van der Waals surface area contributed by atoms with Gasteiger partial charge in [-0.1, -0.05) is 12.1 Å². The van der Waals surface area contributed by atoms with Gasteiger partial charge in [-0.2, -0.15) is 5.26 Å². The van der Waals surface area contributed by atoms with E-state index < -0.39 is 5.97 Å². The summed E-state index contributed by atoms with van der Waals surface area (Å²) in [6, 6.07) is 13.8. The van der Waals surface area contributed by atoms with E-state index in [0.717, 1.165) is 19.3 Å². The van der Waals surface area contributed by atoms with Crippen molar-refractivity contribution >= 4 is 11.8 Å². The van der Waals surface area contributed by atoms with Gasteiger partial charge in [-0.25, -0.2) is 4.79 Å². The molecule has 0 aliphatic heterocycles. The van der Waals surface area contributed by atoms with Gasteiger partial charge in [-0.15, -0.1) is 0 Å². The zero-order valence-corrected chi connectivity index (χ0v) is 12.5. The van der Waals surface area contributed by atoms with Crippen LogP contribution >= 0.6 is 0 Å². The molecule has 1 aliphatic rings. The Bertz CT molecular complexity index is 800. The number of nitriles is 1. The number of ketones is 1. The number of hydrogen-bond donors (Lipinski definition) is 0. The summed E-state index contributed by atoms with van der Waals surface area (Å²) < 4.78 is 5.07. The molecule has 0 fully saturated rings. The standard InChI is InChI=1S/C19H15NO3/c20-11-13-4-6-15(7-5-13)19(22)23-12-18(21)17-9-8-14-2-1-3-16(14)10-17/h4-10H,1-3,12H2. The number of fused-ring (bicyclic) bond motifs is 1. The zero-order chi connectivity index (χ0) is 16.2. The number of carbonyl (C=O) groups excluding carboxylic acids is 2. The molecule has 0 spiro atoms. The highest BCUT2D eigenvalue weighted by Crippen LogP contribution is 2.23. The Balaban J connectivity index is 1.62. The molecule has 0 saturated heterocycles. The lowest BCUT2D eigenvalue weighted by Gasteiger charge is -2.06. The molecule has 2 aromatic carbocycles. The number of ether oxygens (including phenoxy) is 1. The van der Waals surface area contributed by atoms with E-state index in [1.54, 1.807) is 18.2 Å². The Hall–Kier alpha value is -2.93. The van der Waals surface area contributed by atoms with Crippen molar-refractivity contribution in [2.75, 3.05) is 6.61 Å². The first kappa shape index (κ1) is 15.0. The predicted octanol–water partition coefficient (Wildman–Crippen LogP) is 3.09. The average molecular weight is 305 g/mol. The number of hydrogen-bond acceptors (Lipinski definition) is 4. The Morgan fingerprint density at radius 1 is 1.00 bits per heavy atom. The quantitative estimate of drug-likeness (QED) is 0.643. The number of rotatable bonds is 4. The first-order chi connectivity index (χ1) is 11.2. The normalized spacial score (nSPS) is 12.3. The number of carbonyl (C=O) groups is 2. The van der Waals surface area contributed by atoms with Crippen molar-refractivity contribution in [1.82, 2.24) is 0 Å². The van der Waals surface area contributed by atoms with Gasteiger partial charge in [-0.3, -0.25) is 4.79 Å². The van der Waals surface area contributed by atoms with Gasteiger partial charge in [0.25, 0.3) is 0 Å². The van der Waals surface area contributed by atoms with Crippen LogP contribution in [0.25, 0.3) is 0 Å². The van der Waals surface area contributed by atoms with Crippen molar-refractivity contribution in [1.29, 1.82) is 5.26 Å². The Morgan fingerprint density at radius 2 is 1.70 bits per heavy atom. The fourth-order valence-corrected chi connectivity index (χ4v) is 2.72. The summed E-state index contributed by atoms with van der Waals surface area (Å²) in [6.45, 7) is -0.280. The summed E-state index contributed by atoms with van der Waals surface area (Å²) >= 11 is 0. The molecule has 4 nitrogen and oxygen atoms in total. The van der Waals surface area contributed by atoms with Crippen LogP contribution in [0.1, 0.15) is 43.8 Å². The molecule has 0 aromatic heterocycles. The monoisotopic (exact) mass is 305 g/mol. The molecule has 0 atom stereocenters. The van der Waals surface area contributed by atoms with Crippen molar-refractivity contribution in [2.24, 2.45) is 0 Å². The minimum atomic E-state index is -0.566. The average Bonchev–Trinajstić information content (AvgIpc) is 3.07. The number of benzene rings is 2. The fraction of sp³-hybridized carbons (Fsp3) is 0.211. The SMILES string of the molecule is N#Cc1ccc(C(=O)OCC(=O)c2ccc3c(c2)CCC3)cc1. The predicted molar refractivity (Wildman–Crippen MR) is 84.2 cm³/mol. The lowest BCUT2D eigenvalue weighted by Crippen LogP contribution is -2.14. The number of nitrogens with zero attached hydrogens (tertiary/aromatic N) is 1. The van der Waals surface area contributed by atoms with Gasteiger partial charge in [0, 0.05) is 5.56 Å². The Kier molecular flexibility index (Phi) is 4.20. The number of aryl methyl sites for hydroxylation is 2. The third-order valence-corrected chi connectivity index (χ3v) is 4.00. The van der Waals surface area contributed by atoms with E-state index in [1.165, 1.54) is 23.3 Å². The molecule has 0 N–H and O–H groups in total. The van der Waals surface area contributed by atoms with Crippen molar-refractivity contribution < 1.29 is 14.3 Å². The summed E-state index contributed by atoms with van der Waals surface area (Å²) in [5, 5.41) is 8.73. The molecule has 0 saturated carbocycles. The fourth-order valence-electron chi connectivity index (χ4n) is 2.72. The molecule has 0 bridgehead atoms. The van der Waals surface area contributed by atoms with Gasteiger partial charge >= 0.3 is 5.97 Å².